The molecule has 0 fully saturated rings. The molecule has 0 atom stereocenters. The average molecular weight is 309 g/mol. The molecular formula is C15H11Cl2FN2. The van der Waals surface area contributed by atoms with Gasteiger partial charge < -0.3 is 0 Å². The van der Waals surface area contributed by atoms with E-state index in [0.717, 1.165) is 16.6 Å². The number of fused-ring (bicyclic) bond motifs is 1. The Bertz CT molecular complexity index is 776. The van der Waals surface area contributed by atoms with Crippen molar-refractivity contribution in [2.45, 2.75) is 12.8 Å². The maximum atomic E-state index is 13.6. The van der Waals surface area contributed by atoms with E-state index in [9.17, 15) is 4.39 Å². The summed E-state index contributed by atoms with van der Waals surface area (Å²) in [7, 11) is 0. The SMILES string of the molecule is Cc1cccc2nc(CCl)n(-c3cc(F)cc(Cl)c3)c12. The largest absolute Gasteiger partial charge is 0.295 e. The highest BCUT2D eigenvalue weighted by atomic mass is 35.5. The third-order valence-corrected chi connectivity index (χ3v) is 3.63. The van der Waals surface area contributed by atoms with Crippen LogP contribution in [0.25, 0.3) is 16.7 Å². The van der Waals surface area contributed by atoms with Gasteiger partial charge in [0.1, 0.15) is 11.6 Å². The molecule has 0 aliphatic heterocycles. The molecule has 0 amide bonds. The van der Waals surface area contributed by atoms with Crippen molar-refractivity contribution in [3.05, 3.63) is 58.6 Å². The Morgan fingerprint density at radius 2 is 2.05 bits per heavy atom. The average Bonchev–Trinajstić information content (AvgIpc) is 2.77. The Morgan fingerprint density at radius 3 is 2.75 bits per heavy atom. The zero-order chi connectivity index (χ0) is 14.3. The van der Waals surface area contributed by atoms with Crippen molar-refractivity contribution in [3.8, 4) is 5.69 Å². The first-order valence-corrected chi connectivity index (χ1v) is 7.01. The molecule has 0 bridgehead atoms. The smallest absolute Gasteiger partial charge is 0.129 e. The second kappa shape index (κ2) is 5.08. The number of nitrogens with zero attached hydrogens (tertiary/aromatic N) is 2. The van der Waals surface area contributed by atoms with Crippen LogP contribution in [0.1, 0.15) is 11.4 Å². The minimum absolute atomic E-state index is 0.238. The first-order valence-electron chi connectivity index (χ1n) is 6.09. The molecule has 0 saturated heterocycles. The maximum absolute atomic E-state index is 13.6. The van der Waals surface area contributed by atoms with E-state index >= 15 is 0 Å². The highest BCUT2D eigenvalue weighted by Crippen LogP contribution is 2.27. The van der Waals surface area contributed by atoms with Crippen LogP contribution in [0.5, 0.6) is 0 Å². The summed E-state index contributed by atoms with van der Waals surface area (Å²) in [6.45, 7) is 1.99. The summed E-state index contributed by atoms with van der Waals surface area (Å²) in [5, 5.41) is 0.343. The molecule has 3 rings (SSSR count). The summed E-state index contributed by atoms with van der Waals surface area (Å²) in [4.78, 5) is 4.49. The standard InChI is InChI=1S/C15H11Cl2FN2/c1-9-3-2-4-13-15(9)20(14(8-16)19-13)12-6-10(17)5-11(18)7-12/h2-7H,8H2,1H3. The molecule has 2 nitrogen and oxygen atoms in total. The van der Waals surface area contributed by atoms with Gasteiger partial charge in [0.25, 0.3) is 0 Å². The van der Waals surface area contributed by atoms with Gasteiger partial charge in [0.05, 0.1) is 22.6 Å². The lowest BCUT2D eigenvalue weighted by Gasteiger charge is -2.10. The first kappa shape index (κ1) is 13.4. The number of alkyl halides is 1. The highest BCUT2D eigenvalue weighted by molar-refractivity contribution is 6.30. The number of hydrogen-bond acceptors (Lipinski definition) is 1. The van der Waals surface area contributed by atoms with Gasteiger partial charge in [-0.1, -0.05) is 23.7 Å². The van der Waals surface area contributed by atoms with E-state index in [1.165, 1.54) is 12.1 Å². The molecule has 1 heterocycles. The van der Waals surface area contributed by atoms with Gasteiger partial charge >= 0.3 is 0 Å². The lowest BCUT2D eigenvalue weighted by atomic mass is 10.2. The lowest BCUT2D eigenvalue weighted by molar-refractivity contribution is 0.626. The minimum Gasteiger partial charge on any atom is -0.295 e. The van der Waals surface area contributed by atoms with E-state index in [2.05, 4.69) is 4.98 Å². The zero-order valence-corrected chi connectivity index (χ0v) is 12.2. The van der Waals surface area contributed by atoms with Gasteiger partial charge in [0, 0.05) is 5.02 Å². The minimum atomic E-state index is -0.386. The second-order valence-electron chi connectivity index (χ2n) is 4.57. The number of aryl methyl sites for hydroxylation is 1. The predicted octanol–water partition coefficient (Wildman–Crippen LogP) is 4.87. The number of rotatable bonds is 2. The van der Waals surface area contributed by atoms with Crippen LogP contribution in [0, 0.1) is 12.7 Å². The van der Waals surface area contributed by atoms with Gasteiger partial charge in [0.15, 0.2) is 0 Å². The van der Waals surface area contributed by atoms with E-state index in [1.54, 1.807) is 6.07 Å². The van der Waals surface area contributed by atoms with Crippen LogP contribution >= 0.6 is 23.2 Å². The van der Waals surface area contributed by atoms with Gasteiger partial charge in [-0.25, -0.2) is 9.37 Å². The summed E-state index contributed by atoms with van der Waals surface area (Å²) in [6, 6.07) is 10.2. The van der Waals surface area contributed by atoms with Gasteiger partial charge in [-0.15, -0.1) is 11.6 Å². The number of aromatic nitrogens is 2. The quantitative estimate of drug-likeness (QED) is 0.618. The molecule has 0 radical (unpaired) electrons. The summed E-state index contributed by atoms with van der Waals surface area (Å²) >= 11 is 11.9. The maximum Gasteiger partial charge on any atom is 0.129 e. The van der Waals surface area contributed by atoms with Gasteiger partial charge in [0.2, 0.25) is 0 Å². The molecule has 0 N–H and O–H groups in total. The normalized spacial score (nSPS) is 11.2. The molecule has 0 saturated carbocycles. The molecule has 0 aliphatic carbocycles. The van der Waals surface area contributed by atoms with E-state index in [-0.39, 0.29) is 11.7 Å². The van der Waals surface area contributed by atoms with Crippen LogP contribution in [-0.2, 0) is 5.88 Å². The van der Waals surface area contributed by atoms with Crippen LogP contribution in [-0.4, -0.2) is 9.55 Å². The van der Waals surface area contributed by atoms with Crippen LogP contribution < -0.4 is 0 Å². The fourth-order valence-corrected chi connectivity index (χ4v) is 2.77. The Morgan fingerprint density at radius 1 is 1.25 bits per heavy atom. The molecule has 2 aromatic carbocycles. The van der Waals surface area contributed by atoms with E-state index in [0.29, 0.717) is 16.5 Å². The molecular weight excluding hydrogens is 298 g/mol. The van der Waals surface area contributed by atoms with Crippen molar-refractivity contribution in [1.82, 2.24) is 9.55 Å². The van der Waals surface area contributed by atoms with Gasteiger partial charge in [-0.3, -0.25) is 4.57 Å². The van der Waals surface area contributed by atoms with E-state index in [4.69, 9.17) is 23.2 Å². The summed E-state index contributed by atoms with van der Waals surface area (Å²) in [6.07, 6.45) is 0. The number of imidazole rings is 1. The summed E-state index contributed by atoms with van der Waals surface area (Å²) < 4.78 is 15.5. The lowest BCUT2D eigenvalue weighted by Crippen LogP contribution is -2.01. The molecule has 3 aromatic rings. The Labute approximate surface area is 125 Å². The third-order valence-electron chi connectivity index (χ3n) is 3.17. The number of benzene rings is 2. The Balaban J connectivity index is 2.39. The van der Waals surface area contributed by atoms with Crippen LogP contribution in [0.2, 0.25) is 5.02 Å². The molecule has 102 valence electrons. The third kappa shape index (κ3) is 2.17. The van der Waals surface area contributed by atoms with Crippen molar-refractivity contribution in [2.24, 2.45) is 0 Å². The molecule has 20 heavy (non-hydrogen) atoms. The van der Waals surface area contributed by atoms with Gasteiger partial charge in [-0.05, 0) is 36.8 Å². The molecule has 0 aliphatic rings. The Kier molecular flexibility index (Phi) is 3.40. The fraction of sp³-hybridized carbons (Fsp3) is 0.133. The van der Waals surface area contributed by atoms with Crippen molar-refractivity contribution in [2.75, 3.05) is 0 Å². The van der Waals surface area contributed by atoms with E-state index < -0.39 is 0 Å². The van der Waals surface area contributed by atoms with Crippen molar-refractivity contribution >= 4 is 34.2 Å². The van der Waals surface area contributed by atoms with Crippen molar-refractivity contribution in [1.29, 1.82) is 0 Å². The molecule has 5 heteroatoms. The first-order chi connectivity index (χ1) is 9.60. The zero-order valence-electron chi connectivity index (χ0n) is 10.7. The van der Waals surface area contributed by atoms with Crippen LogP contribution in [0.3, 0.4) is 0 Å². The molecule has 1 aromatic heterocycles. The van der Waals surface area contributed by atoms with Crippen LogP contribution in [0.4, 0.5) is 4.39 Å². The van der Waals surface area contributed by atoms with Crippen molar-refractivity contribution in [3.63, 3.8) is 0 Å². The molecule has 0 unspecified atom stereocenters. The van der Waals surface area contributed by atoms with Crippen LogP contribution in [0.15, 0.2) is 36.4 Å². The second-order valence-corrected chi connectivity index (χ2v) is 5.27. The topological polar surface area (TPSA) is 17.8 Å². The molecule has 0 spiro atoms. The monoisotopic (exact) mass is 308 g/mol. The Hall–Kier alpha value is -1.58. The predicted molar refractivity (Wildman–Crippen MR) is 80.3 cm³/mol. The van der Waals surface area contributed by atoms with Gasteiger partial charge in [-0.2, -0.15) is 0 Å². The summed E-state index contributed by atoms with van der Waals surface area (Å²) in [5.74, 6) is 0.517. The summed E-state index contributed by atoms with van der Waals surface area (Å²) in [5.41, 5.74) is 3.43. The number of halogens is 3. The number of para-hydroxylation sites is 1. The highest BCUT2D eigenvalue weighted by Gasteiger charge is 2.14. The number of hydrogen-bond donors (Lipinski definition) is 0. The van der Waals surface area contributed by atoms with E-state index in [1.807, 2.05) is 29.7 Å². The fourth-order valence-electron chi connectivity index (χ4n) is 2.38. The van der Waals surface area contributed by atoms with Crippen molar-refractivity contribution < 1.29 is 4.39 Å².